The number of nitrogens with one attached hydrogen (secondary N) is 2. The minimum atomic E-state index is -0.745. The van der Waals surface area contributed by atoms with E-state index in [-0.39, 0.29) is 18.9 Å². The summed E-state index contributed by atoms with van der Waals surface area (Å²) in [5, 5.41) is 5.33. The van der Waals surface area contributed by atoms with Crippen LogP contribution in [0.25, 0.3) is 0 Å². The summed E-state index contributed by atoms with van der Waals surface area (Å²) >= 11 is 3.18. The van der Waals surface area contributed by atoms with Crippen molar-refractivity contribution in [1.29, 1.82) is 0 Å². The summed E-state index contributed by atoms with van der Waals surface area (Å²) < 4.78 is 10.4. The van der Waals surface area contributed by atoms with Crippen molar-refractivity contribution in [3.8, 4) is 0 Å². The molecule has 1 aromatic carbocycles. The zero-order valence-electron chi connectivity index (χ0n) is 16.0. The van der Waals surface area contributed by atoms with Crippen LogP contribution < -0.4 is 10.6 Å². The largest absolute Gasteiger partial charge is 0.467 e. The van der Waals surface area contributed by atoms with Crippen LogP contribution in [0, 0.1) is 0 Å². The van der Waals surface area contributed by atoms with Gasteiger partial charge in [-0.1, -0.05) is 59.3 Å². The second-order valence-corrected chi connectivity index (χ2v) is 7.29. The van der Waals surface area contributed by atoms with Gasteiger partial charge in [0.1, 0.15) is 12.6 Å². The summed E-state index contributed by atoms with van der Waals surface area (Å²) in [7, 11) is 1.27. The van der Waals surface area contributed by atoms with Crippen LogP contribution in [-0.2, 0) is 25.7 Å². The van der Waals surface area contributed by atoms with Crippen molar-refractivity contribution in [3.63, 3.8) is 0 Å². The van der Waals surface area contributed by atoms with Crippen molar-refractivity contribution in [1.82, 2.24) is 10.6 Å². The van der Waals surface area contributed by atoms with Gasteiger partial charge in [0.05, 0.1) is 7.11 Å². The van der Waals surface area contributed by atoms with Crippen LogP contribution in [0.1, 0.15) is 37.7 Å². The van der Waals surface area contributed by atoms with Crippen LogP contribution in [0.3, 0.4) is 0 Å². The van der Waals surface area contributed by atoms with Crippen molar-refractivity contribution >= 4 is 33.9 Å². The lowest BCUT2D eigenvalue weighted by Gasteiger charge is -2.16. The van der Waals surface area contributed by atoms with Gasteiger partial charge in [0.15, 0.2) is 0 Å². The van der Waals surface area contributed by atoms with Crippen LogP contribution in [-0.4, -0.2) is 37.7 Å². The Kier molecular flexibility index (Phi) is 11.6. The summed E-state index contributed by atoms with van der Waals surface area (Å²) in [6, 6.07) is 8.70. The Morgan fingerprint density at radius 3 is 2.50 bits per heavy atom. The Balaban J connectivity index is 2.12. The second kappa shape index (κ2) is 13.8. The topological polar surface area (TPSA) is 93.7 Å². The second-order valence-electron chi connectivity index (χ2n) is 6.16. The highest BCUT2D eigenvalue weighted by Gasteiger charge is 2.21. The van der Waals surface area contributed by atoms with E-state index in [1.54, 1.807) is 0 Å². The van der Waals surface area contributed by atoms with E-state index in [1.165, 1.54) is 7.11 Å². The highest BCUT2D eigenvalue weighted by molar-refractivity contribution is 9.11. The molecule has 28 heavy (non-hydrogen) atoms. The summed E-state index contributed by atoms with van der Waals surface area (Å²) in [4.78, 5) is 35.2. The molecule has 2 amide bonds. The lowest BCUT2D eigenvalue weighted by atomic mass is 10.1. The Labute approximate surface area is 174 Å². The number of esters is 1. The highest BCUT2D eigenvalue weighted by Crippen LogP contribution is 2.11. The first-order valence-corrected chi connectivity index (χ1v) is 9.86. The predicted molar refractivity (Wildman–Crippen MR) is 110 cm³/mol. The maximum atomic E-state index is 12.0. The number of hydrogen-bond donors (Lipinski definition) is 2. The number of alkyl carbamates (subject to hydrolysis) is 1. The van der Waals surface area contributed by atoms with Gasteiger partial charge < -0.3 is 20.1 Å². The smallest absolute Gasteiger partial charge is 0.407 e. The molecular formula is C20H27BrN2O5. The number of carbonyl (C=O) groups excluding carboxylic acids is 3. The number of amides is 2. The van der Waals surface area contributed by atoms with Crippen molar-refractivity contribution < 1.29 is 23.9 Å². The summed E-state index contributed by atoms with van der Waals surface area (Å²) in [5.41, 5.74) is 0.928. The zero-order valence-corrected chi connectivity index (χ0v) is 17.6. The lowest BCUT2D eigenvalue weighted by Crippen LogP contribution is -2.41. The van der Waals surface area contributed by atoms with Crippen molar-refractivity contribution in [2.24, 2.45) is 0 Å². The molecule has 1 rings (SSSR count). The molecule has 0 aliphatic heterocycles. The number of halogens is 1. The molecule has 0 unspecified atom stereocenters. The van der Waals surface area contributed by atoms with E-state index >= 15 is 0 Å². The number of unbranched alkanes of at least 4 members (excludes halogenated alkanes) is 2. The van der Waals surface area contributed by atoms with Gasteiger partial charge >= 0.3 is 12.1 Å². The SMILES string of the molecule is C=C(Br)C[C@@H](NC(=O)CCCCCNC(=O)OCc1ccccc1)C(=O)OC. The quantitative estimate of drug-likeness (QED) is 0.372. The van der Waals surface area contributed by atoms with Crippen LogP contribution in [0.2, 0.25) is 0 Å². The van der Waals surface area contributed by atoms with Crippen LogP contribution >= 0.6 is 15.9 Å². The first-order chi connectivity index (χ1) is 13.4. The van der Waals surface area contributed by atoms with Crippen LogP contribution in [0.4, 0.5) is 4.79 Å². The molecule has 0 saturated heterocycles. The summed E-state index contributed by atoms with van der Waals surface area (Å²) in [5.74, 6) is -0.730. The average Bonchev–Trinajstić information content (AvgIpc) is 2.68. The van der Waals surface area contributed by atoms with Crippen molar-refractivity contribution in [2.75, 3.05) is 13.7 Å². The Hall–Kier alpha value is -2.35. The third-order valence-electron chi connectivity index (χ3n) is 3.81. The molecule has 0 radical (unpaired) electrons. The Morgan fingerprint density at radius 1 is 1.14 bits per heavy atom. The number of benzene rings is 1. The van der Waals surface area contributed by atoms with Gasteiger partial charge in [0.2, 0.25) is 5.91 Å². The number of ether oxygens (including phenoxy) is 2. The standard InChI is InChI=1S/C20H27BrN2O5/c1-15(21)13-17(19(25)27-2)23-18(24)11-7-4-8-12-22-20(26)28-14-16-9-5-3-6-10-16/h3,5-6,9-10,17H,1,4,7-8,11-14H2,2H3,(H,22,26)(H,23,24)/t17-/m1/s1. The molecule has 1 aromatic rings. The van der Waals surface area contributed by atoms with Gasteiger partial charge in [-0.05, 0) is 22.9 Å². The van der Waals surface area contributed by atoms with E-state index in [4.69, 9.17) is 4.74 Å². The van der Waals surface area contributed by atoms with Gasteiger partial charge in [-0.25, -0.2) is 9.59 Å². The molecule has 0 fully saturated rings. The monoisotopic (exact) mass is 454 g/mol. The number of methoxy groups -OCH3 is 1. The molecule has 1 atom stereocenters. The Bertz CT molecular complexity index is 651. The van der Waals surface area contributed by atoms with Crippen LogP contribution in [0.5, 0.6) is 0 Å². The fourth-order valence-electron chi connectivity index (χ4n) is 2.38. The van der Waals surface area contributed by atoms with Gasteiger partial charge in [-0.15, -0.1) is 0 Å². The number of hydrogen-bond acceptors (Lipinski definition) is 5. The van der Waals surface area contributed by atoms with E-state index in [0.717, 1.165) is 18.4 Å². The molecule has 2 N–H and O–H groups in total. The fraction of sp³-hybridized carbons (Fsp3) is 0.450. The zero-order chi connectivity index (χ0) is 20.8. The maximum Gasteiger partial charge on any atom is 0.407 e. The molecule has 0 aromatic heterocycles. The highest BCUT2D eigenvalue weighted by atomic mass is 79.9. The van der Waals surface area contributed by atoms with E-state index < -0.39 is 18.1 Å². The number of carbonyl (C=O) groups is 3. The van der Waals surface area contributed by atoms with Gasteiger partial charge in [-0.3, -0.25) is 4.79 Å². The molecular weight excluding hydrogens is 428 g/mol. The molecule has 0 spiro atoms. The molecule has 0 heterocycles. The molecule has 0 saturated carbocycles. The van der Waals surface area contributed by atoms with Gasteiger partial charge in [0.25, 0.3) is 0 Å². The molecule has 0 bridgehead atoms. The third kappa shape index (κ3) is 10.7. The minimum absolute atomic E-state index is 0.223. The molecule has 154 valence electrons. The van der Waals surface area contributed by atoms with E-state index in [2.05, 4.69) is 37.9 Å². The van der Waals surface area contributed by atoms with E-state index in [1.807, 2.05) is 30.3 Å². The van der Waals surface area contributed by atoms with E-state index in [9.17, 15) is 14.4 Å². The summed E-state index contributed by atoms with van der Waals surface area (Å²) in [6.07, 6.45) is 2.24. The molecule has 0 aliphatic rings. The van der Waals surface area contributed by atoms with Crippen molar-refractivity contribution in [2.45, 2.75) is 44.8 Å². The first kappa shape index (κ1) is 23.7. The molecule has 8 heteroatoms. The minimum Gasteiger partial charge on any atom is -0.467 e. The first-order valence-electron chi connectivity index (χ1n) is 9.07. The Morgan fingerprint density at radius 2 is 1.86 bits per heavy atom. The van der Waals surface area contributed by atoms with Crippen molar-refractivity contribution in [3.05, 3.63) is 47.0 Å². The average molecular weight is 455 g/mol. The fourth-order valence-corrected chi connectivity index (χ4v) is 2.70. The number of rotatable bonds is 12. The lowest BCUT2D eigenvalue weighted by molar-refractivity contribution is -0.145. The normalized spacial score (nSPS) is 11.2. The van der Waals surface area contributed by atoms with Gasteiger partial charge in [0, 0.05) is 19.4 Å². The molecule has 0 aliphatic carbocycles. The molecule has 7 nitrogen and oxygen atoms in total. The van der Waals surface area contributed by atoms with Crippen LogP contribution in [0.15, 0.2) is 41.4 Å². The maximum absolute atomic E-state index is 12.0. The van der Waals surface area contributed by atoms with E-state index in [0.29, 0.717) is 23.9 Å². The summed E-state index contributed by atoms with van der Waals surface area (Å²) in [6.45, 7) is 4.38. The van der Waals surface area contributed by atoms with Gasteiger partial charge in [-0.2, -0.15) is 0 Å². The predicted octanol–water partition coefficient (Wildman–Crippen LogP) is 3.43. The third-order valence-corrected chi connectivity index (χ3v) is 4.13.